The summed E-state index contributed by atoms with van der Waals surface area (Å²) in [5.41, 5.74) is 5.27. The molecule has 0 aliphatic heterocycles. The molecule has 100 valence electrons. The Balaban J connectivity index is 2.56. The van der Waals surface area contributed by atoms with Crippen LogP contribution in [0.25, 0.3) is 0 Å². The van der Waals surface area contributed by atoms with Crippen LogP contribution in [0.15, 0.2) is 24.3 Å². The third-order valence-corrected chi connectivity index (χ3v) is 2.27. The first kappa shape index (κ1) is 14.5. The summed E-state index contributed by atoms with van der Waals surface area (Å²) in [6, 6.07) is 4.38. The number of nitrogens with one attached hydrogen (secondary N) is 1. The average molecular weight is 260 g/mol. The number of rotatable bonds is 4. The fourth-order valence-corrected chi connectivity index (χ4v) is 1.33. The van der Waals surface area contributed by atoms with Crippen LogP contribution in [-0.2, 0) is 17.4 Å². The second kappa shape index (κ2) is 5.86. The maximum Gasteiger partial charge on any atom is 0.416 e. The van der Waals surface area contributed by atoms with Crippen molar-refractivity contribution < 1.29 is 18.0 Å². The lowest BCUT2D eigenvalue weighted by molar-refractivity contribution is -0.137. The summed E-state index contributed by atoms with van der Waals surface area (Å²) in [5, 5.41) is 2.59. The van der Waals surface area contributed by atoms with Crippen molar-refractivity contribution >= 4 is 5.91 Å². The van der Waals surface area contributed by atoms with E-state index in [1.165, 1.54) is 12.1 Å². The zero-order valence-corrected chi connectivity index (χ0v) is 9.92. The molecule has 0 aromatic heterocycles. The SMILES string of the molecule is CC(N)CNC(=O)Cc1ccc(C(F)(F)F)cc1. The molecular weight excluding hydrogens is 245 g/mol. The van der Waals surface area contributed by atoms with Gasteiger partial charge in [-0.2, -0.15) is 13.2 Å². The van der Waals surface area contributed by atoms with Gasteiger partial charge in [0.1, 0.15) is 0 Å². The number of halogens is 3. The van der Waals surface area contributed by atoms with Crippen LogP contribution in [0.2, 0.25) is 0 Å². The van der Waals surface area contributed by atoms with Gasteiger partial charge in [0.15, 0.2) is 0 Å². The van der Waals surface area contributed by atoms with Crippen LogP contribution in [0.5, 0.6) is 0 Å². The molecule has 0 aliphatic carbocycles. The van der Waals surface area contributed by atoms with Crippen LogP contribution < -0.4 is 11.1 Å². The molecule has 1 aromatic rings. The number of alkyl halides is 3. The smallest absolute Gasteiger partial charge is 0.354 e. The van der Waals surface area contributed by atoms with Gasteiger partial charge in [-0.15, -0.1) is 0 Å². The summed E-state index contributed by atoms with van der Waals surface area (Å²) < 4.78 is 36.9. The minimum atomic E-state index is -4.35. The van der Waals surface area contributed by atoms with Gasteiger partial charge < -0.3 is 11.1 Å². The zero-order valence-electron chi connectivity index (χ0n) is 9.92. The van der Waals surface area contributed by atoms with Gasteiger partial charge in [-0.3, -0.25) is 4.79 Å². The minimum Gasteiger partial charge on any atom is -0.354 e. The van der Waals surface area contributed by atoms with Crippen LogP contribution in [-0.4, -0.2) is 18.5 Å². The van der Waals surface area contributed by atoms with E-state index in [1.807, 2.05) is 0 Å². The average Bonchev–Trinajstić information content (AvgIpc) is 2.26. The van der Waals surface area contributed by atoms with Crippen LogP contribution in [0.1, 0.15) is 18.1 Å². The summed E-state index contributed by atoms with van der Waals surface area (Å²) in [4.78, 5) is 11.4. The van der Waals surface area contributed by atoms with E-state index in [2.05, 4.69) is 5.32 Å². The summed E-state index contributed by atoms with van der Waals surface area (Å²) in [6.45, 7) is 2.10. The van der Waals surface area contributed by atoms with Crippen molar-refractivity contribution in [1.82, 2.24) is 5.32 Å². The minimum absolute atomic E-state index is 0.0465. The van der Waals surface area contributed by atoms with E-state index >= 15 is 0 Å². The van der Waals surface area contributed by atoms with Crippen LogP contribution in [0.4, 0.5) is 13.2 Å². The Labute approximate surface area is 103 Å². The van der Waals surface area contributed by atoms with Gasteiger partial charge in [0.2, 0.25) is 5.91 Å². The second-order valence-corrected chi connectivity index (χ2v) is 4.15. The molecule has 1 aromatic carbocycles. The molecule has 0 bridgehead atoms. The lowest BCUT2D eigenvalue weighted by Gasteiger charge is -2.09. The fraction of sp³-hybridized carbons (Fsp3) is 0.417. The third-order valence-electron chi connectivity index (χ3n) is 2.27. The molecule has 1 amide bonds. The molecule has 3 N–H and O–H groups in total. The third kappa shape index (κ3) is 4.75. The van der Waals surface area contributed by atoms with Crippen molar-refractivity contribution in [3.8, 4) is 0 Å². The number of hydrogen-bond donors (Lipinski definition) is 2. The van der Waals surface area contributed by atoms with Crippen molar-refractivity contribution in [3.05, 3.63) is 35.4 Å². The number of hydrogen-bond acceptors (Lipinski definition) is 2. The second-order valence-electron chi connectivity index (χ2n) is 4.15. The number of nitrogens with two attached hydrogens (primary N) is 1. The first-order valence-corrected chi connectivity index (χ1v) is 5.47. The van der Waals surface area contributed by atoms with Crippen molar-refractivity contribution in [3.63, 3.8) is 0 Å². The largest absolute Gasteiger partial charge is 0.416 e. The Morgan fingerprint density at radius 2 is 1.89 bits per heavy atom. The van der Waals surface area contributed by atoms with Crippen LogP contribution in [0.3, 0.4) is 0 Å². The van der Waals surface area contributed by atoms with E-state index in [0.29, 0.717) is 12.1 Å². The Hall–Kier alpha value is -1.56. The maximum absolute atomic E-state index is 12.3. The van der Waals surface area contributed by atoms with Gasteiger partial charge in [0.25, 0.3) is 0 Å². The number of amides is 1. The van der Waals surface area contributed by atoms with E-state index in [9.17, 15) is 18.0 Å². The van der Waals surface area contributed by atoms with E-state index < -0.39 is 11.7 Å². The summed E-state index contributed by atoms with van der Waals surface area (Å²) in [7, 11) is 0. The fourth-order valence-electron chi connectivity index (χ4n) is 1.33. The Morgan fingerprint density at radius 3 is 2.33 bits per heavy atom. The summed E-state index contributed by atoms with van der Waals surface area (Å²) >= 11 is 0. The molecule has 1 rings (SSSR count). The molecule has 0 radical (unpaired) electrons. The molecule has 0 aliphatic rings. The first-order valence-electron chi connectivity index (χ1n) is 5.47. The predicted octanol–water partition coefficient (Wildman–Crippen LogP) is 1.71. The molecule has 3 nitrogen and oxygen atoms in total. The van der Waals surface area contributed by atoms with Crippen molar-refractivity contribution in [2.45, 2.75) is 25.6 Å². The van der Waals surface area contributed by atoms with Crippen molar-refractivity contribution in [2.75, 3.05) is 6.54 Å². The Bertz CT molecular complexity index is 399. The summed E-state index contributed by atoms with van der Waals surface area (Å²) in [6.07, 6.45) is -4.30. The Morgan fingerprint density at radius 1 is 1.33 bits per heavy atom. The molecule has 0 heterocycles. The lowest BCUT2D eigenvalue weighted by atomic mass is 10.1. The molecule has 1 unspecified atom stereocenters. The van der Waals surface area contributed by atoms with Crippen molar-refractivity contribution in [1.29, 1.82) is 0 Å². The molecule has 1 atom stereocenters. The van der Waals surface area contributed by atoms with E-state index in [4.69, 9.17) is 5.73 Å². The molecule has 0 fully saturated rings. The van der Waals surface area contributed by atoms with E-state index in [0.717, 1.165) is 12.1 Å². The molecule has 6 heteroatoms. The molecule has 18 heavy (non-hydrogen) atoms. The maximum atomic E-state index is 12.3. The van der Waals surface area contributed by atoms with Gasteiger partial charge in [-0.05, 0) is 24.6 Å². The predicted molar refractivity (Wildman–Crippen MR) is 61.8 cm³/mol. The summed E-state index contributed by atoms with van der Waals surface area (Å²) in [5.74, 6) is -0.257. The Kier molecular flexibility index (Phi) is 4.72. The van der Waals surface area contributed by atoms with E-state index in [1.54, 1.807) is 6.92 Å². The van der Waals surface area contributed by atoms with Crippen LogP contribution >= 0.6 is 0 Å². The van der Waals surface area contributed by atoms with Gasteiger partial charge in [-0.25, -0.2) is 0 Å². The number of benzene rings is 1. The lowest BCUT2D eigenvalue weighted by Crippen LogP contribution is -2.35. The van der Waals surface area contributed by atoms with Crippen molar-refractivity contribution in [2.24, 2.45) is 5.73 Å². The highest BCUT2D eigenvalue weighted by Gasteiger charge is 2.29. The normalized spacial score (nSPS) is 13.2. The van der Waals surface area contributed by atoms with Gasteiger partial charge in [0.05, 0.1) is 12.0 Å². The van der Waals surface area contributed by atoms with Gasteiger partial charge in [-0.1, -0.05) is 12.1 Å². The topological polar surface area (TPSA) is 55.1 Å². The number of carbonyl (C=O) groups is 1. The van der Waals surface area contributed by atoms with Crippen LogP contribution in [0, 0.1) is 0 Å². The van der Waals surface area contributed by atoms with E-state index in [-0.39, 0.29) is 18.4 Å². The monoisotopic (exact) mass is 260 g/mol. The zero-order chi connectivity index (χ0) is 13.8. The molecule has 0 saturated carbocycles. The highest BCUT2D eigenvalue weighted by Crippen LogP contribution is 2.29. The first-order chi connectivity index (χ1) is 8.29. The highest BCUT2D eigenvalue weighted by atomic mass is 19.4. The van der Waals surface area contributed by atoms with Gasteiger partial charge >= 0.3 is 6.18 Å². The molecule has 0 spiro atoms. The van der Waals surface area contributed by atoms with Gasteiger partial charge in [0, 0.05) is 12.6 Å². The highest BCUT2D eigenvalue weighted by molar-refractivity contribution is 5.78. The quantitative estimate of drug-likeness (QED) is 0.866. The number of carbonyl (C=O) groups excluding carboxylic acids is 1. The molecule has 0 saturated heterocycles. The molecular formula is C12H15F3N2O. The standard InChI is InChI=1S/C12H15F3N2O/c1-8(16)7-17-11(18)6-9-2-4-10(5-3-9)12(13,14)15/h2-5,8H,6-7,16H2,1H3,(H,17,18).